The molecule has 0 saturated carbocycles. The van der Waals surface area contributed by atoms with E-state index < -0.39 is 14.6 Å². The summed E-state index contributed by atoms with van der Waals surface area (Å²) in [6.07, 6.45) is 0. The largest absolute Gasteiger partial charge is 0.357 e. The van der Waals surface area contributed by atoms with Crippen LogP contribution in [0.2, 0.25) is 0 Å². The topological polar surface area (TPSA) is 65.0 Å². The van der Waals surface area contributed by atoms with Gasteiger partial charge in [0.25, 0.3) is 0 Å². The Morgan fingerprint density at radius 2 is 1.96 bits per heavy atom. The molecule has 2 rings (SSSR count). The fourth-order valence-corrected chi connectivity index (χ4v) is 4.54. The Labute approximate surface area is 162 Å². The van der Waals surface area contributed by atoms with Gasteiger partial charge in [-0.25, -0.2) is 12.8 Å². The molecule has 1 aliphatic rings. The van der Waals surface area contributed by atoms with Crippen LogP contribution in [-0.4, -0.2) is 75.0 Å². The maximum atomic E-state index is 13.2. The lowest BCUT2D eigenvalue weighted by Gasteiger charge is -2.39. The fourth-order valence-electron chi connectivity index (χ4n) is 3.18. The van der Waals surface area contributed by atoms with E-state index in [1.165, 1.54) is 12.1 Å². The van der Waals surface area contributed by atoms with Gasteiger partial charge in [-0.2, -0.15) is 0 Å². The van der Waals surface area contributed by atoms with Crippen molar-refractivity contribution in [1.82, 2.24) is 15.1 Å². The van der Waals surface area contributed by atoms with Gasteiger partial charge in [0.1, 0.15) is 5.82 Å². The minimum absolute atomic E-state index is 0.000731. The highest BCUT2D eigenvalue weighted by Gasteiger charge is 2.41. The van der Waals surface area contributed by atoms with E-state index in [0.717, 1.165) is 11.5 Å². The first-order chi connectivity index (χ1) is 12.6. The number of hydrogen-bond donors (Lipinski definition) is 1. The smallest absolute Gasteiger partial charge is 0.194 e. The molecule has 0 spiro atoms. The first-order valence-corrected chi connectivity index (χ1v) is 10.9. The molecule has 1 unspecified atom stereocenters. The number of nitrogens with zero attached hydrogens (tertiary/aromatic N) is 3. The second-order valence-electron chi connectivity index (χ2n) is 7.73. The maximum absolute atomic E-state index is 13.2. The van der Waals surface area contributed by atoms with E-state index in [2.05, 4.69) is 5.32 Å². The Hall–Kier alpha value is -1.67. The molecule has 6 nitrogen and oxygen atoms in total. The van der Waals surface area contributed by atoms with Gasteiger partial charge in [-0.1, -0.05) is 12.1 Å². The van der Waals surface area contributed by atoms with Crippen molar-refractivity contribution in [1.29, 1.82) is 0 Å². The predicted molar refractivity (Wildman–Crippen MR) is 108 cm³/mol. The Morgan fingerprint density at radius 1 is 1.33 bits per heavy atom. The van der Waals surface area contributed by atoms with Crippen LogP contribution in [0, 0.1) is 5.82 Å². The first kappa shape index (κ1) is 21.6. The summed E-state index contributed by atoms with van der Waals surface area (Å²) >= 11 is 0. The Bertz CT molecular complexity index is 760. The van der Waals surface area contributed by atoms with Gasteiger partial charge in [0.05, 0.1) is 23.1 Å². The first-order valence-electron chi connectivity index (χ1n) is 9.25. The van der Waals surface area contributed by atoms with Crippen LogP contribution >= 0.6 is 0 Å². The van der Waals surface area contributed by atoms with Crippen LogP contribution in [0.3, 0.4) is 0 Å². The zero-order valence-electron chi connectivity index (χ0n) is 16.9. The van der Waals surface area contributed by atoms with Gasteiger partial charge >= 0.3 is 0 Å². The lowest BCUT2D eigenvalue weighted by atomic mass is 10.1. The zero-order valence-corrected chi connectivity index (χ0v) is 17.7. The Balaban J connectivity index is 2.22. The molecule has 8 heteroatoms. The van der Waals surface area contributed by atoms with E-state index >= 15 is 0 Å². The van der Waals surface area contributed by atoms with E-state index in [4.69, 9.17) is 4.99 Å². The molecule has 1 aromatic carbocycles. The number of likely N-dealkylation sites (N-methyl/N-ethyl adjacent to an activating group) is 1. The summed E-state index contributed by atoms with van der Waals surface area (Å²) in [5.74, 6) is 0.582. The number of rotatable bonds is 5. The van der Waals surface area contributed by atoms with E-state index in [9.17, 15) is 12.8 Å². The summed E-state index contributed by atoms with van der Waals surface area (Å²) in [7, 11) is 0.828. The van der Waals surface area contributed by atoms with Crippen molar-refractivity contribution in [2.75, 3.05) is 46.0 Å². The lowest BCUT2D eigenvalue weighted by molar-refractivity contribution is 0.302. The molecule has 1 saturated heterocycles. The van der Waals surface area contributed by atoms with Gasteiger partial charge in [-0.15, -0.1) is 0 Å². The van der Waals surface area contributed by atoms with Gasteiger partial charge < -0.3 is 15.1 Å². The molecule has 1 fully saturated rings. The third kappa shape index (κ3) is 5.19. The Kier molecular flexibility index (Phi) is 6.86. The van der Waals surface area contributed by atoms with Crippen LogP contribution in [0.4, 0.5) is 4.39 Å². The minimum Gasteiger partial charge on any atom is -0.357 e. The van der Waals surface area contributed by atoms with Gasteiger partial charge in [0, 0.05) is 19.6 Å². The zero-order chi connectivity index (χ0) is 20.2. The highest BCUT2D eigenvalue weighted by Crippen LogP contribution is 2.24. The highest BCUT2D eigenvalue weighted by molar-refractivity contribution is 7.92. The predicted octanol–water partition coefficient (Wildman–Crippen LogP) is 1.90. The molecular formula is C19H31FN4O2S. The van der Waals surface area contributed by atoms with Gasteiger partial charge in [-0.05, 0) is 52.6 Å². The molecule has 1 N–H and O–H groups in total. The van der Waals surface area contributed by atoms with Crippen molar-refractivity contribution in [2.24, 2.45) is 4.99 Å². The third-order valence-corrected chi connectivity index (χ3v) is 7.50. The quantitative estimate of drug-likeness (QED) is 0.606. The molecule has 0 amide bonds. The summed E-state index contributed by atoms with van der Waals surface area (Å²) in [4.78, 5) is 8.83. The number of sulfone groups is 1. The van der Waals surface area contributed by atoms with Crippen LogP contribution < -0.4 is 5.32 Å². The number of halogens is 1. The fraction of sp³-hybridized carbons (Fsp3) is 0.632. The van der Waals surface area contributed by atoms with Crippen molar-refractivity contribution in [3.05, 3.63) is 35.6 Å². The number of aliphatic imine (C=N–C) groups is 1. The molecule has 1 atom stereocenters. The number of hydrogen-bond acceptors (Lipinski definition) is 4. The van der Waals surface area contributed by atoms with Crippen LogP contribution in [0.15, 0.2) is 29.3 Å². The molecule has 152 valence electrons. The monoisotopic (exact) mass is 398 g/mol. The number of guanidine groups is 1. The summed E-state index contributed by atoms with van der Waals surface area (Å²) in [6, 6.07) is 6.47. The second kappa shape index (κ2) is 8.56. The van der Waals surface area contributed by atoms with Crippen molar-refractivity contribution in [3.8, 4) is 0 Å². The molecule has 27 heavy (non-hydrogen) atoms. The number of benzene rings is 1. The standard InChI is InChI=1S/C19H31FN4O2S/c1-6-21-18(24-11-12-27(25,26)19(2,3)14-24)22-13-17(23(4)5)15-7-9-16(20)10-8-15/h7-10,17H,6,11-14H2,1-5H3,(H,21,22). The molecule has 1 heterocycles. The summed E-state index contributed by atoms with van der Waals surface area (Å²) in [5.41, 5.74) is 0.988. The lowest BCUT2D eigenvalue weighted by Crippen LogP contribution is -2.57. The summed E-state index contributed by atoms with van der Waals surface area (Å²) < 4.78 is 37.0. The van der Waals surface area contributed by atoms with Gasteiger partial charge in [-0.3, -0.25) is 4.99 Å². The molecule has 0 aromatic heterocycles. The highest BCUT2D eigenvalue weighted by atomic mass is 32.2. The van der Waals surface area contributed by atoms with Crippen LogP contribution in [0.25, 0.3) is 0 Å². The number of nitrogens with one attached hydrogen (secondary N) is 1. The third-order valence-electron chi connectivity index (χ3n) is 4.97. The van der Waals surface area contributed by atoms with E-state index in [1.807, 2.05) is 30.8 Å². The van der Waals surface area contributed by atoms with E-state index in [1.54, 1.807) is 26.0 Å². The maximum Gasteiger partial charge on any atom is 0.194 e. The van der Waals surface area contributed by atoms with Gasteiger partial charge in [0.2, 0.25) is 0 Å². The summed E-state index contributed by atoms with van der Waals surface area (Å²) in [5, 5.41) is 3.27. The average molecular weight is 399 g/mol. The van der Waals surface area contributed by atoms with Crippen molar-refractivity contribution in [3.63, 3.8) is 0 Å². The normalized spacial score (nSPS) is 20.6. The molecule has 0 bridgehead atoms. The van der Waals surface area contributed by atoms with E-state index in [-0.39, 0.29) is 17.6 Å². The average Bonchev–Trinajstić information content (AvgIpc) is 2.58. The molecule has 0 radical (unpaired) electrons. The van der Waals surface area contributed by atoms with Crippen molar-refractivity contribution >= 4 is 15.8 Å². The van der Waals surface area contributed by atoms with Crippen molar-refractivity contribution < 1.29 is 12.8 Å². The summed E-state index contributed by atoms with van der Waals surface area (Å²) in [6.45, 7) is 7.55. The Morgan fingerprint density at radius 3 is 2.48 bits per heavy atom. The minimum atomic E-state index is -3.10. The van der Waals surface area contributed by atoms with Crippen LogP contribution in [0.1, 0.15) is 32.4 Å². The van der Waals surface area contributed by atoms with Crippen LogP contribution in [-0.2, 0) is 9.84 Å². The molecule has 0 aliphatic carbocycles. The van der Waals surface area contributed by atoms with Gasteiger partial charge in [0.15, 0.2) is 15.8 Å². The molecule has 1 aromatic rings. The second-order valence-corrected chi connectivity index (χ2v) is 10.5. The van der Waals surface area contributed by atoms with Crippen LogP contribution in [0.5, 0.6) is 0 Å². The molecular weight excluding hydrogens is 367 g/mol. The van der Waals surface area contributed by atoms with E-state index in [0.29, 0.717) is 26.2 Å². The van der Waals surface area contributed by atoms with Crippen molar-refractivity contribution in [2.45, 2.75) is 31.6 Å². The SMILES string of the molecule is CCNC(=NCC(c1ccc(F)cc1)N(C)C)N1CCS(=O)(=O)C(C)(C)C1. The molecule has 1 aliphatic heterocycles.